The first-order valence-corrected chi connectivity index (χ1v) is 9.85. The minimum Gasteiger partial charge on any atom is -0.365 e. The van der Waals surface area contributed by atoms with Crippen LogP contribution in [-0.4, -0.2) is 89.3 Å². The van der Waals surface area contributed by atoms with Crippen molar-refractivity contribution in [1.82, 2.24) is 24.3 Å². The van der Waals surface area contributed by atoms with Gasteiger partial charge in [0.15, 0.2) is 6.10 Å². The molecule has 0 aromatic carbocycles. The first-order chi connectivity index (χ1) is 14.0. The second kappa shape index (κ2) is 8.30. The fraction of sp³-hybridized carbons (Fsp3) is 0.500. The number of hydrogen-bond acceptors (Lipinski definition) is 7. The van der Waals surface area contributed by atoms with Crippen LogP contribution in [0.2, 0.25) is 0 Å². The number of nitrogens with zero attached hydrogens (tertiary/aromatic N) is 6. The third-order valence-corrected chi connectivity index (χ3v) is 5.53. The Labute approximate surface area is 169 Å². The molecule has 9 nitrogen and oxygen atoms in total. The minimum atomic E-state index is -0.548. The molecule has 1 atom stereocenters. The highest BCUT2D eigenvalue weighted by Crippen LogP contribution is 2.20. The average molecular weight is 398 g/mol. The minimum absolute atomic E-state index is 0.0121. The number of rotatable bonds is 3. The van der Waals surface area contributed by atoms with Crippen molar-refractivity contribution in [2.75, 3.05) is 57.8 Å². The summed E-state index contributed by atoms with van der Waals surface area (Å²) in [6.45, 7) is 4.53. The maximum atomic E-state index is 12.9. The van der Waals surface area contributed by atoms with Gasteiger partial charge in [-0.2, -0.15) is 0 Å². The molecule has 1 unspecified atom stereocenters. The van der Waals surface area contributed by atoms with Crippen LogP contribution in [0.15, 0.2) is 35.4 Å². The highest BCUT2D eigenvalue weighted by atomic mass is 16.5. The lowest BCUT2D eigenvalue weighted by molar-refractivity contribution is -0.146. The number of hydrogen-bond donors (Lipinski definition) is 0. The van der Waals surface area contributed by atoms with Crippen LogP contribution in [0.1, 0.15) is 0 Å². The van der Waals surface area contributed by atoms with E-state index in [-0.39, 0.29) is 11.5 Å². The number of anilines is 1. The molecule has 29 heavy (non-hydrogen) atoms. The van der Waals surface area contributed by atoms with E-state index in [0.29, 0.717) is 44.4 Å². The Kier molecular flexibility index (Phi) is 5.59. The lowest BCUT2D eigenvalue weighted by Crippen LogP contribution is -2.55. The van der Waals surface area contributed by atoms with Crippen LogP contribution in [0, 0.1) is 0 Å². The molecule has 0 radical (unpaired) electrons. The number of aromatic nitrogens is 3. The first-order valence-electron chi connectivity index (χ1n) is 9.85. The van der Waals surface area contributed by atoms with Gasteiger partial charge in [-0.3, -0.25) is 19.1 Å². The molecule has 2 fully saturated rings. The number of amides is 1. The molecule has 2 aliphatic rings. The highest BCUT2D eigenvalue weighted by Gasteiger charge is 2.32. The van der Waals surface area contributed by atoms with E-state index in [1.807, 2.05) is 21.9 Å². The van der Waals surface area contributed by atoms with Gasteiger partial charge in [-0.05, 0) is 19.2 Å². The summed E-state index contributed by atoms with van der Waals surface area (Å²) in [5.74, 6) is 0.557. The molecule has 2 aromatic rings. The number of ether oxygens (including phenoxy) is 1. The van der Waals surface area contributed by atoms with Crippen molar-refractivity contribution in [3.8, 4) is 11.3 Å². The lowest BCUT2D eigenvalue weighted by atomic mass is 10.2. The van der Waals surface area contributed by atoms with Gasteiger partial charge in [0.25, 0.3) is 11.5 Å². The summed E-state index contributed by atoms with van der Waals surface area (Å²) >= 11 is 0. The molecular weight excluding hydrogens is 372 g/mol. The maximum Gasteiger partial charge on any atom is 0.255 e. The van der Waals surface area contributed by atoms with Crippen LogP contribution in [0.25, 0.3) is 11.3 Å². The average Bonchev–Trinajstić information content (AvgIpc) is 2.76. The van der Waals surface area contributed by atoms with Gasteiger partial charge >= 0.3 is 0 Å². The summed E-state index contributed by atoms with van der Waals surface area (Å²) < 4.78 is 7.31. The van der Waals surface area contributed by atoms with Crippen molar-refractivity contribution in [3.63, 3.8) is 0 Å². The summed E-state index contributed by atoms with van der Waals surface area (Å²) in [7, 11) is 3.76. The molecule has 2 aliphatic heterocycles. The van der Waals surface area contributed by atoms with Crippen molar-refractivity contribution >= 4 is 11.9 Å². The normalized spacial score (nSPS) is 20.7. The van der Waals surface area contributed by atoms with Gasteiger partial charge in [0.2, 0.25) is 5.95 Å². The molecule has 154 valence electrons. The summed E-state index contributed by atoms with van der Waals surface area (Å²) in [4.78, 5) is 40.3. The monoisotopic (exact) mass is 398 g/mol. The molecule has 0 bridgehead atoms. The molecule has 0 spiro atoms. The van der Waals surface area contributed by atoms with Gasteiger partial charge in [-0.15, -0.1) is 0 Å². The SMILES string of the molecule is CN1CCN(C(=O)C2CN(c3nc(-c4ccncc4)cc(=O)n3C)CCO2)CC1. The van der Waals surface area contributed by atoms with E-state index in [1.54, 1.807) is 19.4 Å². The molecule has 4 rings (SSSR count). The van der Waals surface area contributed by atoms with E-state index in [4.69, 9.17) is 9.72 Å². The Hall–Kier alpha value is -2.78. The van der Waals surface area contributed by atoms with Gasteiger partial charge in [-0.1, -0.05) is 0 Å². The van der Waals surface area contributed by atoms with Crippen LogP contribution in [0.5, 0.6) is 0 Å². The number of morpholine rings is 1. The van der Waals surface area contributed by atoms with Crippen molar-refractivity contribution in [3.05, 3.63) is 40.9 Å². The topological polar surface area (TPSA) is 83.8 Å². The van der Waals surface area contributed by atoms with E-state index in [0.717, 1.165) is 18.7 Å². The quantitative estimate of drug-likeness (QED) is 0.709. The Morgan fingerprint density at radius 3 is 2.55 bits per heavy atom. The van der Waals surface area contributed by atoms with Crippen LogP contribution in [0.4, 0.5) is 5.95 Å². The smallest absolute Gasteiger partial charge is 0.255 e. The van der Waals surface area contributed by atoms with Crippen molar-refractivity contribution in [1.29, 1.82) is 0 Å². The van der Waals surface area contributed by atoms with Crippen LogP contribution < -0.4 is 10.5 Å². The first kappa shape index (κ1) is 19.5. The zero-order valence-electron chi connectivity index (χ0n) is 16.8. The number of carbonyl (C=O) groups is 1. The highest BCUT2D eigenvalue weighted by molar-refractivity contribution is 5.82. The third kappa shape index (κ3) is 4.15. The number of carbonyl (C=O) groups excluding carboxylic acids is 1. The molecule has 9 heteroatoms. The molecular formula is C20H26N6O3. The zero-order chi connectivity index (χ0) is 20.4. The van der Waals surface area contributed by atoms with Crippen LogP contribution in [0.3, 0.4) is 0 Å². The summed E-state index contributed by atoms with van der Waals surface area (Å²) in [5, 5.41) is 0. The van der Waals surface area contributed by atoms with Crippen molar-refractivity contribution < 1.29 is 9.53 Å². The molecule has 0 N–H and O–H groups in total. The summed E-state index contributed by atoms with van der Waals surface area (Å²) in [6, 6.07) is 5.17. The van der Waals surface area contributed by atoms with E-state index >= 15 is 0 Å². The second-order valence-electron chi connectivity index (χ2n) is 7.51. The predicted octanol–water partition coefficient (Wildman–Crippen LogP) is -0.178. The molecule has 1 amide bonds. The Bertz CT molecular complexity index is 924. The number of likely N-dealkylation sites (N-methyl/N-ethyl adjacent to an activating group) is 1. The maximum absolute atomic E-state index is 12.9. The number of piperazine rings is 1. The van der Waals surface area contributed by atoms with Gasteiger partial charge < -0.3 is 19.4 Å². The largest absolute Gasteiger partial charge is 0.365 e. The molecule has 4 heterocycles. The van der Waals surface area contributed by atoms with Crippen molar-refractivity contribution in [2.45, 2.75) is 6.10 Å². The predicted molar refractivity (Wildman–Crippen MR) is 109 cm³/mol. The van der Waals surface area contributed by atoms with Crippen LogP contribution >= 0.6 is 0 Å². The summed E-state index contributed by atoms with van der Waals surface area (Å²) in [6.07, 6.45) is 2.80. The van der Waals surface area contributed by atoms with E-state index in [2.05, 4.69) is 16.9 Å². The van der Waals surface area contributed by atoms with Gasteiger partial charge in [0.1, 0.15) is 0 Å². The fourth-order valence-corrected chi connectivity index (χ4v) is 3.69. The Morgan fingerprint density at radius 2 is 1.83 bits per heavy atom. The third-order valence-electron chi connectivity index (χ3n) is 5.53. The Morgan fingerprint density at radius 1 is 1.10 bits per heavy atom. The molecule has 2 aromatic heterocycles. The van der Waals surface area contributed by atoms with E-state index < -0.39 is 6.10 Å². The van der Waals surface area contributed by atoms with E-state index in [9.17, 15) is 9.59 Å². The molecule has 0 aliphatic carbocycles. The second-order valence-corrected chi connectivity index (χ2v) is 7.51. The van der Waals surface area contributed by atoms with Gasteiger partial charge in [0.05, 0.1) is 18.8 Å². The zero-order valence-corrected chi connectivity index (χ0v) is 16.8. The van der Waals surface area contributed by atoms with Gasteiger partial charge in [-0.25, -0.2) is 4.98 Å². The van der Waals surface area contributed by atoms with E-state index in [1.165, 1.54) is 10.6 Å². The molecule has 2 saturated heterocycles. The standard InChI is InChI=1S/C20H26N6O3/c1-23-7-9-25(10-8-23)19(28)17-14-26(11-12-29-17)20-22-16(13-18(27)24(20)2)15-3-5-21-6-4-15/h3-6,13,17H,7-12,14H2,1-2H3. The lowest BCUT2D eigenvalue weighted by Gasteiger charge is -2.38. The summed E-state index contributed by atoms with van der Waals surface area (Å²) in [5.41, 5.74) is 1.28. The Balaban J connectivity index is 1.56. The van der Waals surface area contributed by atoms with Crippen molar-refractivity contribution in [2.24, 2.45) is 7.05 Å². The fourth-order valence-electron chi connectivity index (χ4n) is 3.69. The number of pyridine rings is 1. The van der Waals surface area contributed by atoms with Gasteiger partial charge in [0, 0.05) is 63.8 Å². The van der Waals surface area contributed by atoms with Crippen LogP contribution in [-0.2, 0) is 16.6 Å². The molecule has 0 saturated carbocycles.